The Morgan fingerprint density at radius 2 is 1.52 bits per heavy atom. The molecule has 30 nitrogen and oxygen atoms in total. The van der Waals surface area contributed by atoms with E-state index in [4.69, 9.17) is 28.8 Å². The molecule has 82 heavy (non-hydrogen) atoms. The summed E-state index contributed by atoms with van der Waals surface area (Å²) in [6.07, 6.45) is -7.85. The van der Waals surface area contributed by atoms with Crippen molar-refractivity contribution in [3.63, 3.8) is 0 Å². The smallest absolute Gasteiger partial charge is 0.409 e. The van der Waals surface area contributed by atoms with E-state index in [-0.39, 0.29) is 89.8 Å². The predicted molar refractivity (Wildman–Crippen MR) is 291 cm³/mol. The molecule has 0 spiro atoms. The molecule has 1 aromatic carbocycles. The standard InChI is InChI=1S/C51H78N10O20S/c1-30(2)42(49(72)54-31(3)47(70)56-35-13-12-32(28-79-51(73)59(6)18-9-11-41(65)66)24-37(35)80-50-45(69)44(68)43(67)38(27-62)81-50)57-40(64)15-20-77-22-23-78-21-17-53-48(71)36(29-82(74,75)76)55-39(63)14-19-61-34(26-60(7)58(4)5)25-33-10-8-16-52-46(33)61/h8,10,12-13,16,24-25,30-31,36,38,42-45,50,62,67-69H,9,11,14-15,17-23,26-29H2,1-7H3,(H,53,71)(H,54,72)(H,55,63)(H,56,70)(H,57,64)(H,65,66)(H,74,75,76)/t31-,36-,38+,42-,43-,44-,45+,50+/m0/s1. The Balaban J connectivity index is 1.22. The SMILES string of the molecule is CC(C)[C@H](NC(=O)CCOCCOCCNC(=O)[C@H](CS(=O)(=O)O)NC(=O)CCn1c(CN(C)N(C)C)cc2cccnc21)C(=O)N[C@@H](C)C(=O)Nc1ccc(COC(=O)N(C)CCCC(=O)O)cc1O[C@@H]1O[C@H](CO)[C@H](O)[C@H](O)[C@H]1O. The normalized spacial score (nSPS) is 18.4. The van der Waals surface area contributed by atoms with Gasteiger partial charge >= 0.3 is 12.1 Å². The molecule has 458 valence electrons. The first-order valence-electron chi connectivity index (χ1n) is 26.3. The number of fused-ring (bicyclic) bond motifs is 1. The molecule has 1 saturated heterocycles. The Morgan fingerprint density at radius 3 is 2.18 bits per heavy atom. The van der Waals surface area contributed by atoms with E-state index in [9.17, 15) is 67.0 Å². The van der Waals surface area contributed by atoms with Crippen molar-refractivity contribution in [3.05, 3.63) is 53.9 Å². The number of amides is 6. The lowest BCUT2D eigenvalue weighted by Gasteiger charge is -2.39. The summed E-state index contributed by atoms with van der Waals surface area (Å²) in [5.41, 5.74) is 1.76. The van der Waals surface area contributed by atoms with Crippen molar-refractivity contribution in [1.82, 2.24) is 45.7 Å². The van der Waals surface area contributed by atoms with Crippen molar-refractivity contribution < 1.29 is 95.7 Å². The zero-order chi connectivity index (χ0) is 60.8. The number of aliphatic carboxylic acids is 1. The van der Waals surface area contributed by atoms with Gasteiger partial charge in [-0.15, -0.1) is 0 Å². The maximum absolute atomic E-state index is 13.6. The molecule has 0 bridgehead atoms. The number of aliphatic hydroxyl groups excluding tert-OH is 4. The molecule has 4 rings (SSSR count). The fraction of sp³-hybridized carbons (Fsp3) is 0.608. The Bertz CT molecular complexity index is 2730. The molecule has 3 aromatic rings. The number of anilines is 1. The van der Waals surface area contributed by atoms with E-state index in [0.29, 0.717) is 17.8 Å². The van der Waals surface area contributed by atoms with E-state index in [2.05, 4.69) is 31.6 Å². The third-order valence-electron chi connectivity index (χ3n) is 12.8. The number of rotatable bonds is 34. The number of nitrogens with one attached hydrogen (secondary N) is 5. The van der Waals surface area contributed by atoms with Gasteiger partial charge in [-0.3, -0.25) is 33.3 Å². The number of carboxylic acid groups (broad SMARTS) is 1. The minimum absolute atomic E-state index is 0.0172. The van der Waals surface area contributed by atoms with Gasteiger partial charge in [-0.1, -0.05) is 19.9 Å². The largest absolute Gasteiger partial charge is 0.481 e. The number of ether oxygens (including phenoxy) is 5. The highest BCUT2D eigenvalue weighted by Gasteiger charge is 2.45. The first-order valence-corrected chi connectivity index (χ1v) is 27.9. The third kappa shape index (κ3) is 21.9. The summed E-state index contributed by atoms with van der Waals surface area (Å²) < 4.78 is 62.7. The Morgan fingerprint density at radius 1 is 0.829 bits per heavy atom. The minimum atomic E-state index is -4.69. The number of aromatic nitrogens is 2. The van der Waals surface area contributed by atoms with Gasteiger partial charge in [-0.2, -0.15) is 8.42 Å². The van der Waals surface area contributed by atoms with Crippen molar-refractivity contribution >= 4 is 68.4 Å². The predicted octanol–water partition coefficient (Wildman–Crippen LogP) is -1.86. The van der Waals surface area contributed by atoms with Crippen molar-refractivity contribution in [1.29, 1.82) is 0 Å². The maximum atomic E-state index is 13.6. The lowest BCUT2D eigenvalue weighted by molar-refractivity contribution is -0.277. The van der Waals surface area contributed by atoms with E-state index < -0.39 is 119 Å². The van der Waals surface area contributed by atoms with Crippen LogP contribution in [0.25, 0.3) is 11.0 Å². The van der Waals surface area contributed by atoms with Crippen LogP contribution in [0.1, 0.15) is 57.7 Å². The fourth-order valence-corrected chi connectivity index (χ4v) is 8.63. The van der Waals surface area contributed by atoms with E-state index in [1.165, 1.54) is 37.1 Å². The molecule has 1 fully saturated rings. The summed E-state index contributed by atoms with van der Waals surface area (Å²) in [6, 6.07) is 5.81. The molecule has 31 heteroatoms. The van der Waals surface area contributed by atoms with Crippen LogP contribution in [-0.4, -0.2) is 233 Å². The maximum Gasteiger partial charge on any atom is 0.409 e. The van der Waals surface area contributed by atoms with Crippen LogP contribution in [0.2, 0.25) is 0 Å². The van der Waals surface area contributed by atoms with Crippen LogP contribution in [0, 0.1) is 5.92 Å². The van der Waals surface area contributed by atoms with Gasteiger partial charge in [-0.25, -0.2) is 19.8 Å². The summed E-state index contributed by atoms with van der Waals surface area (Å²) in [7, 11) is 2.39. The number of aryl methyl sites for hydroxylation is 1. The monoisotopic (exact) mass is 1180 g/mol. The van der Waals surface area contributed by atoms with Crippen LogP contribution in [0.4, 0.5) is 10.5 Å². The van der Waals surface area contributed by atoms with Crippen molar-refractivity contribution in [3.8, 4) is 5.75 Å². The van der Waals surface area contributed by atoms with Gasteiger partial charge in [0.15, 0.2) is 0 Å². The summed E-state index contributed by atoms with van der Waals surface area (Å²) in [4.78, 5) is 95.1. The number of benzene rings is 1. The summed E-state index contributed by atoms with van der Waals surface area (Å²) in [6.45, 7) is 4.16. The topological polar surface area (TPSA) is 409 Å². The number of hydrazine groups is 1. The van der Waals surface area contributed by atoms with Crippen molar-refractivity contribution in [2.24, 2.45) is 5.92 Å². The van der Waals surface area contributed by atoms with Crippen LogP contribution in [0.5, 0.6) is 5.75 Å². The minimum Gasteiger partial charge on any atom is -0.481 e. The fourth-order valence-electron chi connectivity index (χ4n) is 7.98. The summed E-state index contributed by atoms with van der Waals surface area (Å²) in [5, 5.41) is 67.3. The molecule has 11 N–H and O–H groups in total. The number of nitrogens with zero attached hydrogens (tertiary/aromatic N) is 5. The lowest BCUT2D eigenvalue weighted by Crippen LogP contribution is -2.60. The number of hydrogen-bond acceptors (Lipinski definition) is 21. The van der Waals surface area contributed by atoms with Gasteiger partial charge < -0.3 is 85.3 Å². The quantitative estimate of drug-likeness (QED) is 0.0177. The summed E-state index contributed by atoms with van der Waals surface area (Å²) in [5.74, 6) is -6.31. The molecule has 0 unspecified atom stereocenters. The van der Waals surface area contributed by atoms with Crippen LogP contribution in [0.3, 0.4) is 0 Å². The molecule has 2 aromatic heterocycles. The molecule has 1 aliphatic rings. The van der Waals surface area contributed by atoms with E-state index in [1.54, 1.807) is 26.1 Å². The van der Waals surface area contributed by atoms with Gasteiger partial charge in [0.25, 0.3) is 10.1 Å². The van der Waals surface area contributed by atoms with Crippen LogP contribution < -0.4 is 31.3 Å². The highest BCUT2D eigenvalue weighted by molar-refractivity contribution is 7.85. The van der Waals surface area contributed by atoms with Gasteiger partial charge in [0.1, 0.15) is 66.3 Å². The molecule has 1 aliphatic heterocycles. The number of pyridine rings is 1. The zero-order valence-corrected chi connectivity index (χ0v) is 47.7. The second-order valence-corrected chi connectivity index (χ2v) is 21.4. The first kappa shape index (κ1) is 67.9. The molecule has 8 atom stereocenters. The summed E-state index contributed by atoms with van der Waals surface area (Å²) >= 11 is 0. The number of hydrogen-bond donors (Lipinski definition) is 11. The van der Waals surface area contributed by atoms with Crippen LogP contribution in [0.15, 0.2) is 42.6 Å². The van der Waals surface area contributed by atoms with Gasteiger partial charge in [0.05, 0.1) is 45.3 Å². The average molecular weight is 1180 g/mol. The van der Waals surface area contributed by atoms with Crippen LogP contribution in [-0.2, 0) is 77.5 Å². The Hall–Kier alpha value is -6.65. The molecule has 0 aliphatic carbocycles. The molecule has 0 radical (unpaired) electrons. The van der Waals surface area contributed by atoms with Gasteiger partial charge in [0.2, 0.25) is 35.8 Å². The highest BCUT2D eigenvalue weighted by Crippen LogP contribution is 2.31. The van der Waals surface area contributed by atoms with Gasteiger partial charge in [0, 0.05) is 84.4 Å². The van der Waals surface area contributed by atoms with Crippen molar-refractivity contribution in [2.45, 2.75) is 115 Å². The average Bonchev–Trinajstić information content (AvgIpc) is 3.95. The van der Waals surface area contributed by atoms with Gasteiger partial charge in [-0.05, 0) is 55.2 Å². The van der Waals surface area contributed by atoms with E-state index >= 15 is 0 Å². The highest BCUT2D eigenvalue weighted by atomic mass is 32.2. The third-order valence-corrected chi connectivity index (χ3v) is 13.5. The van der Waals surface area contributed by atoms with E-state index in [1.807, 2.05) is 47.9 Å². The number of carbonyl (C=O) groups excluding carboxylic acids is 6. The number of carboxylic acids is 1. The molecule has 3 heterocycles. The second kappa shape index (κ2) is 32.9. The zero-order valence-electron chi connectivity index (χ0n) is 46.9. The molecule has 0 saturated carbocycles. The first-order chi connectivity index (χ1) is 38.7. The number of carbonyl (C=O) groups is 7. The molecular formula is C51H78N10O20S. The van der Waals surface area contributed by atoms with Crippen molar-refractivity contribution in [2.75, 3.05) is 85.4 Å². The molecule has 6 amide bonds. The number of aliphatic hydroxyl groups is 4. The lowest BCUT2D eigenvalue weighted by atomic mass is 9.99. The van der Waals surface area contributed by atoms with E-state index in [0.717, 1.165) is 11.1 Å². The Kier molecular flexibility index (Phi) is 27.2. The second-order valence-electron chi connectivity index (χ2n) is 19.9. The molecular weight excluding hydrogens is 1100 g/mol. The Labute approximate surface area is 474 Å². The van der Waals surface area contributed by atoms with Crippen LogP contribution >= 0.6 is 0 Å².